The summed E-state index contributed by atoms with van der Waals surface area (Å²) in [5, 5.41) is -0.510. The Morgan fingerprint density at radius 3 is 2.60 bits per heavy atom. The third-order valence-corrected chi connectivity index (χ3v) is 4.60. The van der Waals surface area contributed by atoms with E-state index in [9.17, 15) is 14.4 Å². The van der Waals surface area contributed by atoms with Crippen LogP contribution in [0.2, 0.25) is 0 Å². The Kier molecular flexibility index (Phi) is 4.76. The average Bonchev–Trinajstić information content (AvgIpc) is 3.19. The summed E-state index contributed by atoms with van der Waals surface area (Å²) in [6.07, 6.45) is 1.50. The Bertz CT molecular complexity index is 855. The molecule has 3 rings (SSSR count). The molecular weight excluding hydrogens is 342 g/mol. The van der Waals surface area contributed by atoms with Crippen molar-refractivity contribution in [1.29, 1.82) is 0 Å². The third-order valence-electron chi connectivity index (χ3n) is 3.71. The van der Waals surface area contributed by atoms with E-state index in [1.165, 1.54) is 20.1 Å². The molecule has 0 spiro atoms. The van der Waals surface area contributed by atoms with E-state index in [1.54, 1.807) is 12.1 Å². The quantitative estimate of drug-likeness (QED) is 0.615. The molecule has 1 fully saturated rings. The van der Waals surface area contributed by atoms with E-state index < -0.39 is 23.2 Å². The number of methoxy groups -OCH3 is 1. The number of carbonyl (C=O) groups excluding carboxylic acids is 3. The molecule has 0 bridgehead atoms. The number of imide groups is 1. The fourth-order valence-corrected chi connectivity index (χ4v) is 3.30. The molecule has 0 radical (unpaired) electrons. The zero-order valence-electron chi connectivity index (χ0n) is 13.6. The predicted molar refractivity (Wildman–Crippen MR) is 93.4 cm³/mol. The van der Waals surface area contributed by atoms with Crippen LogP contribution in [0.4, 0.5) is 4.79 Å². The standard InChI is InChI=1S/C18H15NO5S/c1-11(17(21)23-2)19-16(20)15(25-18(19)22)10-13-8-9-14(24-13)12-6-4-3-5-7-12/h3-11H,1-2H3/b15-10+/t11-/m1/s1. The van der Waals surface area contributed by atoms with Gasteiger partial charge < -0.3 is 9.15 Å². The van der Waals surface area contributed by atoms with Gasteiger partial charge in [0.25, 0.3) is 11.1 Å². The van der Waals surface area contributed by atoms with Crippen LogP contribution in [0, 0.1) is 0 Å². The maximum Gasteiger partial charge on any atom is 0.328 e. The molecule has 1 aromatic heterocycles. The first-order chi connectivity index (χ1) is 12.0. The van der Waals surface area contributed by atoms with Crippen molar-refractivity contribution in [3.63, 3.8) is 0 Å². The van der Waals surface area contributed by atoms with Gasteiger partial charge in [-0.05, 0) is 30.8 Å². The lowest BCUT2D eigenvalue weighted by molar-refractivity contribution is -0.148. The van der Waals surface area contributed by atoms with Gasteiger partial charge in [0.1, 0.15) is 17.6 Å². The van der Waals surface area contributed by atoms with Gasteiger partial charge in [0.05, 0.1) is 12.0 Å². The Morgan fingerprint density at radius 1 is 1.20 bits per heavy atom. The topological polar surface area (TPSA) is 76.8 Å². The van der Waals surface area contributed by atoms with E-state index >= 15 is 0 Å². The Morgan fingerprint density at radius 2 is 1.92 bits per heavy atom. The van der Waals surface area contributed by atoms with E-state index in [0.29, 0.717) is 11.5 Å². The van der Waals surface area contributed by atoms with Gasteiger partial charge in [0.2, 0.25) is 0 Å². The van der Waals surface area contributed by atoms with Crippen molar-refractivity contribution in [3.8, 4) is 11.3 Å². The van der Waals surface area contributed by atoms with Crippen LogP contribution in [0.1, 0.15) is 12.7 Å². The Labute approximate surface area is 148 Å². The van der Waals surface area contributed by atoms with Crippen molar-refractivity contribution in [1.82, 2.24) is 4.90 Å². The predicted octanol–water partition coefficient (Wildman–Crippen LogP) is 3.54. The SMILES string of the molecule is COC(=O)[C@@H](C)N1C(=O)S/C(=C/c2ccc(-c3ccccc3)o2)C1=O. The van der Waals surface area contributed by atoms with Crippen molar-refractivity contribution >= 4 is 35.0 Å². The zero-order valence-corrected chi connectivity index (χ0v) is 14.4. The number of rotatable bonds is 4. The van der Waals surface area contributed by atoms with Crippen LogP contribution in [0.5, 0.6) is 0 Å². The summed E-state index contributed by atoms with van der Waals surface area (Å²) in [6.45, 7) is 1.45. The number of amides is 2. The lowest BCUT2D eigenvalue weighted by atomic mass is 10.2. The molecule has 0 saturated carbocycles. The van der Waals surface area contributed by atoms with Gasteiger partial charge in [-0.15, -0.1) is 0 Å². The number of carbonyl (C=O) groups is 3. The molecule has 128 valence electrons. The van der Waals surface area contributed by atoms with E-state index in [-0.39, 0.29) is 4.91 Å². The maximum absolute atomic E-state index is 12.4. The van der Waals surface area contributed by atoms with Gasteiger partial charge in [-0.3, -0.25) is 14.5 Å². The summed E-state index contributed by atoms with van der Waals surface area (Å²) >= 11 is 0.769. The molecule has 1 atom stereocenters. The summed E-state index contributed by atoms with van der Waals surface area (Å²) in [5.41, 5.74) is 0.912. The van der Waals surface area contributed by atoms with Gasteiger partial charge in [0.15, 0.2) is 0 Å². The van der Waals surface area contributed by atoms with Gasteiger partial charge in [-0.2, -0.15) is 0 Å². The summed E-state index contributed by atoms with van der Waals surface area (Å²) < 4.78 is 10.3. The number of furan rings is 1. The lowest BCUT2D eigenvalue weighted by Crippen LogP contribution is -2.42. The van der Waals surface area contributed by atoms with E-state index in [0.717, 1.165) is 22.2 Å². The van der Waals surface area contributed by atoms with Crippen LogP contribution in [-0.2, 0) is 14.3 Å². The van der Waals surface area contributed by atoms with Crippen molar-refractivity contribution < 1.29 is 23.5 Å². The van der Waals surface area contributed by atoms with Crippen molar-refractivity contribution in [3.05, 3.63) is 53.1 Å². The molecule has 1 saturated heterocycles. The molecule has 0 N–H and O–H groups in total. The molecule has 2 aromatic rings. The Balaban J connectivity index is 1.83. The third kappa shape index (κ3) is 3.36. The van der Waals surface area contributed by atoms with Crippen LogP contribution in [0.25, 0.3) is 17.4 Å². The normalized spacial score (nSPS) is 17.2. The van der Waals surface area contributed by atoms with Gasteiger partial charge in [0, 0.05) is 11.6 Å². The molecule has 1 aromatic carbocycles. The monoisotopic (exact) mass is 357 g/mol. The highest BCUT2D eigenvalue weighted by Crippen LogP contribution is 2.34. The highest BCUT2D eigenvalue weighted by molar-refractivity contribution is 8.18. The lowest BCUT2D eigenvalue weighted by Gasteiger charge is -2.18. The van der Waals surface area contributed by atoms with Crippen LogP contribution in [0.15, 0.2) is 51.8 Å². The van der Waals surface area contributed by atoms with Crippen molar-refractivity contribution in [2.45, 2.75) is 13.0 Å². The minimum absolute atomic E-state index is 0.203. The Hall–Kier alpha value is -2.80. The number of ether oxygens (including phenoxy) is 1. The summed E-state index contributed by atoms with van der Waals surface area (Å²) in [7, 11) is 1.21. The minimum atomic E-state index is -0.972. The van der Waals surface area contributed by atoms with Crippen molar-refractivity contribution in [2.24, 2.45) is 0 Å². The van der Waals surface area contributed by atoms with Gasteiger partial charge in [-0.25, -0.2) is 4.79 Å². The van der Waals surface area contributed by atoms with Crippen LogP contribution in [-0.4, -0.2) is 35.2 Å². The fraction of sp³-hybridized carbons (Fsp3) is 0.167. The molecule has 2 heterocycles. The van der Waals surface area contributed by atoms with E-state index in [2.05, 4.69) is 4.74 Å². The van der Waals surface area contributed by atoms with E-state index in [4.69, 9.17) is 4.42 Å². The second-order valence-electron chi connectivity index (χ2n) is 5.32. The summed E-state index contributed by atoms with van der Waals surface area (Å²) in [5.74, 6) is -0.0671. The highest BCUT2D eigenvalue weighted by Gasteiger charge is 2.41. The van der Waals surface area contributed by atoms with E-state index in [1.807, 2.05) is 30.3 Å². The largest absolute Gasteiger partial charge is 0.467 e. The number of thioether (sulfide) groups is 1. The summed E-state index contributed by atoms with van der Waals surface area (Å²) in [6, 6.07) is 12.1. The number of benzene rings is 1. The number of nitrogens with zero attached hydrogens (tertiary/aromatic N) is 1. The fourth-order valence-electron chi connectivity index (χ4n) is 2.41. The molecule has 25 heavy (non-hydrogen) atoms. The minimum Gasteiger partial charge on any atom is -0.467 e. The highest BCUT2D eigenvalue weighted by atomic mass is 32.2. The molecule has 0 aliphatic carbocycles. The smallest absolute Gasteiger partial charge is 0.328 e. The molecule has 1 aliphatic rings. The van der Waals surface area contributed by atoms with Gasteiger partial charge in [-0.1, -0.05) is 30.3 Å². The molecule has 0 unspecified atom stereocenters. The van der Waals surface area contributed by atoms with Crippen molar-refractivity contribution in [2.75, 3.05) is 7.11 Å². The first-order valence-electron chi connectivity index (χ1n) is 7.51. The molecule has 1 aliphatic heterocycles. The number of hydrogen-bond donors (Lipinski definition) is 0. The molecular formula is C18H15NO5S. The zero-order chi connectivity index (χ0) is 18.0. The average molecular weight is 357 g/mol. The van der Waals surface area contributed by atoms with Crippen LogP contribution >= 0.6 is 11.8 Å². The number of esters is 1. The second kappa shape index (κ2) is 6.98. The first-order valence-corrected chi connectivity index (χ1v) is 8.33. The van der Waals surface area contributed by atoms with Crippen LogP contribution in [0.3, 0.4) is 0 Å². The molecule has 7 heteroatoms. The molecule has 6 nitrogen and oxygen atoms in total. The second-order valence-corrected chi connectivity index (χ2v) is 6.31. The first kappa shape index (κ1) is 17.0. The summed E-state index contributed by atoms with van der Waals surface area (Å²) in [4.78, 5) is 37.2. The number of hydrogen-bond acceptors (Lipinski definition) is 6. The molecule has 2 amide bonds. The maximum atomic E-state index is 12.4. The van der Waals surface area contributed by atoms with Crippen LogP contribution < -0.4 is 0 Å². The van der Waals surface area contributed by atoms with Gasteiger partial charge >= 0.3 is 5.97 Å².